The largest absolute Gasteiger partial charge is 0.481 e. The van der Waals surface area contributed by atoms with E-state index in [-0.39, 0.29) is 31.1 Å². The van der Waals surface area contributed by atoms with E-state index in [0.29, 0.717) is 49.6 Å². The van der Waals surface area contributed by atoms with Gasteiger partial charge in [-0.25, -0.2) is 0 Å². The molecular formula is C39H41N5O6S. The van der Waals surface area contributed by atoms with Crippen LogP contribution in [-0.2, 0) is 32.2 Å². The van der Waals surface area contributed by atoms with Gasteiger partial charge in [-0.1, -0.05) is 109 Å². The molecule has 2 heterocycles. The molecule has 6 rings (SSSR count). The Hall–Kier alpha value is -4.88. The average molecular weight is 708 g/mol. The molecule has 0 aliphatic carbocycles. The number of aliphatic hydroxyl groups is 1. The van der Waals surface area contributed by atoms with Gasteiger partial charge in [0.2, 0.25) is 11.1 Å². The Balaban J connectivity index is 1.13. The third kappa shape index (κ3) is 9.89. The lowest BCUT2D eigenvalue weighted by Gasteiger charge is -2.36. The summed E-state index contributed by atoms with van der Waals surface area (Å²) in [6.07, 6.45) is 2.07. The second-order valence-corrected chi connectivity index (χ2v) is 13.4. The van der Waals surface area contributed by atoms with E-state index < -0.39 is 12.3 Å². The van der Waals surface area contributed by atoms with Crippen LogP contribution < -0.4 is 5.32 Å². The minimum Gasteiger partial charge on any atom is -0.481 e. The van der Waals surface area contributed by atoms with Crippen molar-refractivity contribution in [3.05, 3.63) is 125 Å². The molecule has 1 amide bonds. The maximum atomic E-state index is 12.5. The Kier molecular flexibility index (Phi) is 12.6. The van der Waals surface area contributed by atoms with Crippen LogP contribution in [0.2, 0.25) is 0 Å². The highest BCUT2D eigenvalue weighted by atomic mass is 32.2. The zero-order valence-corrected chi connectivity index (χ0v) is 29.0. The lowest BCUT2D eigenvalue weighted by molar-refractivity contribution is -0.245. The van der Waals surface area contributed by atoms with E-state index >= 15 is 0 Å². The number of tetrazole rings is 1. The highest BCUT2D eigenvalue weighted by molar-refractivity contribution is 7.99. The molecule has 0 spiro atoms. The minimum absolute atomic E-state index is 0.0229. The van der Waals surface area contributed by atoms with Crippen molar-refractivity contribution in [3.8, 4) is 16.8 Å². The van der Waals surface area contributed by atoms with Crippen LogP contribution in [0.3, 0.4) is 0 Å². The maximum Gasteiger partial charge on any atom is 0.303 e. The molecule has 264 valence electrons. The molecule has 3 N–H and O–H groups in total. The Morgan fingerprint density at radius 3 is 2.33 bits per heavy atom. The molecule has 11 nitrogen and oxygen atoms in total. The molecule has 1 aromatic heterocycles. The topological polar surface area (TPSA) is 149 Å². The van der Waals surface area contributed by atoms with Gasteiger partial charge < -0.3 is 25.0 Å². The lowest BCUT2D eigenvalue weighted by Crippen LogP contribution is -2.31. The summed E-state index contributed by atoms with van der Waals surface area (Å²) in [5.41, 5.74) is 6.63. The second kappa shape index (κ2) is 17.9. The molecule has 51 heavy (non-hydrogen) atoms. The van der Waals surface area contributed by atoms with Crippen LogP contribution in [0.25, 0.3) is 16.8 Å². The smallest absolute Gasteiger partial charge is 0.303 e. The van der Waals surface area contributed by atoms with Crippen LogP contribution in [-0.4, -0.2) is 54.2 Å². The Labute approximate surface area is 301 Å². The molecule has 0 bridgehead atoms. The van der Waals surface area contributed by atoms with E-state index in [1.54, 1.807) is 4.68 Å². The Morgan fingerprint density at radius 1 is 0.843 bits per heavy atom. The molecule has 0 saturated carbocycles. The number of carboxylic acid groups (broad SMARTS) is 1. The third-order valence-corrected chi connectivity index (χ3v) is 9.79. The first-order valence-corrected chi connectivity index (χ1v) is 18.1. The number of para-hydroxylation sites is 1. The number of aromatic nitrogens is 4. The van der Waals surface area contributed by atoms with Gasteiger partial charge in [-0.3, -0.25) is 9.59 Å². The van der Waals surface area contributed by atoms with E-state index in [4.69, 9.17) is 14.6 Å². The van der Waals surface area contributed by atoms with Gasteiger partial charge in [0.25, 0.3) is 0 Å². The molecule has 12 heteroatoms. The number of rotatable bonds is 16. The number of hydrogen-bond acceptors (Lipinski definition) is 9. The van der Waals surface area contributed by atoms with Crippen molar-refractivity contribution in [1.82, 2.24) is 25.5 Å². The predicted octanol–water partition coefficient (Wildman–Crippen LogP) is 6.81. The molecule has 0 radical (unpaired) electrons. The van der Waals surface area contributed by atoms with Gasteiger partial charge in [-0.2, -0.15) is 4.68 Å². The van der Waals surface area contributed by atoms with Crippen molar-refractivity contribution in [2.45, 2.75) is 75.3 Å². The zero-order chi connectivity index (χ0) is 35.4. The summed E-state index contributed by atoms with van der Waals surface area (Å²) in [5, 5.41) is 34.4. The summed E-state index contributed by atoms with van der Waals surface area (Å²) in [6, 6.07) is 33.7. The highest BCUT2D eigenvalue weighted by Crippen LogP contribution is 2.40. The van der Waals surface area contributed by atoms with E-state index in [1.807, 2.05) is 103 Å². The number of ether oxygens (including phenoxy) is 2. The highest BCUT2D eigenvalue weighted by Gasteiger charge is 2.32. The first kappa shape index (κ1) is 35.9. The Morgan fingerprint density at radius 2 is 1.57 bits per heavy atom. The summed E-state index contributed by atoms with van der Waals surface area (Å²) in [4.78, 5) is 23.2. The van der Waals surface area contributed by atoms with Crippen LogP contribution >= 0.6 is 11.8 Å². The molecule has 5 aromatic rings. The van der Waals surface area contributed by atoms with Crippen molar-refractivity contribution in [2.24, 2.45) is 0 Å². The number of amides is 1. The molecule has 3 unspecified atom stereocenters. The number of benzene rings is 4. The minimum atomic E-state index is -0.810. The number of carboxylic acids is 1. The maximum absolute atomic E-state index is 12.5. The fourth-order valence-electron chi connectivity index (χ4n) is 5.99. The number of hydrogen-bond donors (Lipinski definition) is 3. The van der Waals surface area contributed by atoms with Crippen LogP contribution in [0.4, 0.5) is 0 Å². The van der Waals surface area contributed by atoms with E-state index in [2.05, 4.69) is 20.8 Å². The van der Waals surface area contributed by atoms with E-state index in [9.17, 15) is 14.7 Å². The van der Waals surface area contributed by atoms with E-state index in [1.165, 1.54) is 11.8 Å². The number of nitrogens with zero attached hydrogens (tertiary/aromatic N) is 4. The van der Waals surface area contributed by atoms with Gasteiger partial charge in [0.15, 0.2) is 6.29 Å². The number of carbonyl (C=O) groups excluding carboxylic acids is 1. The number of nitrogens with one attached hydrogen (secondary N) is 1. The van der Waals surface area contributed by atoms with Crippen molar-refractivity contribution < 1.29 is 29.3 Å². The van der Waals surface area contributed by atoms with Gasteiger partial charge in [0.05, 0.1) is 24.5 Å². The van der Waals surface area contributed by atoms with Gasteiger partial charge in [-0.05, 0) is 63.2 Å². The van der Waals surface area contributed by atoms with Gasteiger partial charge in [-0.15, -0.1) is 5.10 Å². The first-order chi connectivity index (χ1) is 25.0. The first-order valence-electron chi connectivity index (χ1n) is 17.1. The number of thioether (sulfide) groups is 1. The third-order valence-electron chi connectivity index (χ3n) is 8.74. The van der Waals surface area contributed by atoms with Crippen LogP contribution in [0.15, 0.2) is 108 Å². The number of aliphatic hydroxyl groups excluding tert-OH is 1. The predicted molar refractivity (Wildman–Crippen MR) is 193 cm³/mol. The van der Waals surface area contributed by atoms with Gasteiger partial charge >= 0.3 is 5.97 Å². The molecule has 3 atom stereocenters. The number of unbranched alkanes of at least 4 members (excludes halogenated alkanes) is 2. The summed E-state index contributed by atoms with van der Waals surface area (Å²) >= 11 is 1.53. The van der Waals surface area contributed by atoms with Crippen LogP contribution in [0.5, 0.6) is 0 Å². The average Bonchev–Trinajstić information content (AvgIpc) is 3.65. The summed E-state index contributed by atoms with van der Waals surface area (Å²) < 4.78 is 14.9. The monoisotopic (exact) mass is 707 g/mol. The summed E-state index contributed by atoms with van der Waals surface area (Å²) in [6.45, 7) is 0.370. The van der Waals surface area contributed by atoms with Crippen LogP contribution in [0, 0.1) is 0 Å². The van der Waals surface area contributed by atoms with E-state index in [0.717, 1.165) is 39.1 Å². The number of aliphatic carboxylic acids is 1. The molecule has 1 aliphatic rings. The van der Waals surface area contributed by atoms with Crippen molar-refractivity contribution in [1.29, 1.82) is 0 Å². The van der Waals surface area contributed by atoms with Crippen LogP contribution in [0.1, 0.15) is 73.2 Å². The molecule has 1 saturated heterocycles. The molecule has 1 aliphatic heterocycles. The summed E-state index contributed by atoms with van der Waals surface area (Å²) in [7, 11) is 0. The fourth-order valence-corrected chi connectivity index (χ4v) is 6.90. The number of carbonyl (C=O) groups is 2. The van der Waals surface area contributed by atoms with Crippen molar-refractivity contribution in [2.75, 3.05) is 5.75 Å². The van der Waals surface area contributed by atoms with Crippen molar-refractivity contribution >= 4 is 23.6 Å². The van der Waals surface area contributed by atoms with Gasteiger partial charge in [0.1, 0.15) is 0 Å². The lowest BCUT2D eigenvalue weighted by atomic mass is 9.97. The van der Waals surface area contributed by atoms with Crippen molar-refractivity contribution in [3.63, 3.8) is 0 Å². The molecule has 4 aromatic carbocycles. The quantitative estimate of drug-likeness (QED) is 0.0738. The zero-order valence-electron chi connectivity index (χ0n) is 28.1. The SMILES string of the molecule is O=C(O)CCCCCC(=O)NCc1ccccc1-c1ccc(C2OC(CSc3nnnn3-c3ccccc3)CC(c3ccc(CO)cc3)O2)cc1. The second-order valence-electron chi connectivity index (χ2n) is 12.4. The Bertz CT molecular complexity index is 1870. The molecule has 1 fully saturated rings. The fraction of sp³-hybridized carbons (Fsp3) is 0.308. The molecular weight excluding hydrogens is 667 g/mol. The summed E-state index contributed by atoms with van der Waals surface area (Å²) in [5.74, 6) is -0.250. The van der Waals surface area contributed by atoms with Gasteiger partial charge in [0, 0.05) is 37.1 Å². The standard InChI is InChI=1S/C39H41N5O6S/c45-25-27-15-17-29(18-16-27)35-23-33(26-51-39-41-42-43-44(39)32-10-3-1-4-11-32)49-38(50-35)30-21-19-28(20-22-30)34-12-8-7-9-31(34)24-40-36(46)13-5-2-6-14-37(47)48/h1,3-4,7-12,15-22,33,35,38,45H,2,5-6,13-14,23-26H2,(H,40,46)(H,47,48). The normalized spacial score (nSPS) is 17.2.